The molecule has 2 amide bonds. The molecular weight excluding hydrogens is 453 g/mol. The second-order valence-electron chi connectivity index (χ2n) is 9.00. The van der Waals surface area contributed by atoms with E-state index in [1.165, 1.54) is 18.2 Å². The van der Waals surface area contributed by atoms with Crippen LogP contribution in [0.25, 0.3) is 10.9 Å². The number of aromatic nitrogens is 1. The molecule has 3 aromatic carbocycles. The molecule has 0 radical (unpaired) electrons. The van der Waals surface area contributed by atoms with Gasteiger partial charge in [0.25, 0.3) is 5.91 Å². The maximum atomic E-state index is 13.8. The van der Waals surface area contributed by atoms with Crippen LogP contribution in [0.4, 0.5) is 4.39 Å². The predicted octanol–water partition coefficient (Wildman–Crippen LogP) is 5.82. The monoisotopic (exact) mass is 485 g/mol. The van der Waals surface area contributed by atoms with Crippen molar-refractivity contribution in [3.05, 3.63) is 108 Å². The number of nitrogens with zero attached hydrogens (tertiary/aromatic N) is 2. The first-order chi connectivity index (χ1) is 17.5. The van der Waals surface area contributed by atoms with Gasteiger partial charge in [-0.25, -0.2) is 4.39 Å². The maximum absolute atomic E-state index is 13.8. The van der Waals surface area contributed by atoms with E-state index in [-0.39, 0.29) is 23.9 Å². The van der Waals surface area contributed by atoms with Gasteiger partial charge in [0.15, 0.2) is 0 Å². The summed E-state index contributed by atoms with van der Waals surface area (Å²) in [4.78, 5) is 33.4. The van der Waals surface area contributed by atoms with Gasteiger partial charge in [-0.05, 0) is 48.2 Å². The quantitative estimate of drug-likeness (QED) is 0.291. The van der Waals surface area contributed by atoms with Crippen molar-refractivity contribution >= 4 is 22.7 Å². The highest BCUT2D eigenvalue weighted by molar-refractivity contribution is 5.96. The number of H-pyrrole nitrogens is 1. The van der Waals surface area contributed by atoms with E-state index >= 15 is 0 Å². The number of benzene rings is 3. The Kier molecular flexibility index (Phi) is 8.50. The van der Waals surface area contributed by atoms with E-state index in [2.05, 4.69) is 11.1 Å². The molecule has 4 aromatic rings. The molecule has 1 aromatic heterocycles. The second-order valence-corrected chi connectivity index (χ2v) is 9.00. The van der Waals surface area contributed by atoms with Crippen LogP contribution in [0.15, 0.2) is 85.1 Å². The molecule has 36 heavy (non-hydrogen) atoms. The number of fused-ring (bicyclic) bond motifs is 1. The third-order valence-corrected chi connectivity index (χ3v) is 6.36. The van der Waals surface area contributed by atoms with Crippen molar-refractivity contribution in [2.24, 2.45) is 0 Å². The Balaban J connectivity index is 1.53. The van der Waals surface area contributed by atoms with Gasteiger partial charge in [-0.3, -0.25) is 9.59 Å². The van der Waals surface area contributed by atoms with Crippen molar-refractivity contribution in [3.8, 4) is 0 Å². The van der Waals surface area contributed by atoms with E-state index < -0.39 is 5.82 Å². The summed E-state index contributed by atoms with van der Waals surface area (Å²) in [6.45, 7) is 3.41. The summed E-state index contributed by atoms with van der Waals surface area (Å²) in [6, 6.07) is 23.6. The Morgan fingerprint density at radius 3 is 2.44 bits per heavy atom. The van der Waals surface area contributed by atoms with Gasteiger partial charge in [0, 0.05) is 42.3 Å². The van der Waals surface area contributed by atoms with Gasteiger partial charge in [-0.1, -0.05) is 67.9 Å². The lowest BCUT2D eigenvalue weighted by molar-refractivity contribution is -0.132. The molecule has 0 aliphatic rings. The van der Waals surface area contributed by atoms with Crippen LogP contribution in [0.2, 0.25) is 0 Å². The highest BCUT2D eigenvalue weighted by atomic mass is 19.1. The molecule has 0 fully saturated rings. The van der Waals surface area contributed by atoms with Crippen LogP contribution in [0.5, 0.6) is 0 Å². The number of aromatic amines is 1. The minimum absolute atomic E-state index is 0.0456. The van der Waals surface area contributed by atoms with Crippen molar-refractivity contribution in [1.29, 1.82) is 0 Å². The van der Waals surface area contributed by atoms with Crippen LogP contribution in [0.1, 0.15) is 41.3 Å². The number of para-hydroxylation sites is 1. The Hall–Kier alpha value is -3.93. The first-order valence-corrected chi connectivity index (χ1v) is 12.5. The molecule has 1 heterocycles. The van der Waals surface area contributed by atoms with Crippen LogP contribution in [0.3, 0.4) is 0 Å². The lowest BCUT2D eigenvalue weighted by atomic mass is 10.1. The summed E-state index contributed by atoms with van der Waals surface area (Å²) in [5.74, 6) is -0.917. The maximum Gasteiger partial charge on any atom is 0.254 e. The van der Waals surface area contributed by atoms with Crippen LogP contribution in [-0.2, 0) is 17.8 Å². The fourth-order valence-corrected chi connectivity index (χ4v) is 4.36. The zero-order valence-electron chi connectivity index (χ0n) is 20.6. The summed E-state index contributed by atoms with van der Waals surface area (Å²) >= 11 is 0. The minimum Gasteiger partial charge on any atom is -0.361 e. The number of rotatable bonds is 11. The highest BCUT2D eigenvalue weighted by Crippen LogP contribution is 2.19. The number of halogens is 1. The molecule has 6 heteroatoms. The number of carbonyl (C=O) groups excluding carboxylic acids is 2. The fourth-order valence-electron chi connectivity index (χ4n) is 4.36. The average molecular weight is 486 g/mol. The molecule has 0 spiro atoms. The van der Waals surface area contributed by atoms with Crippen LogP contribution >= 0.6 is 0 Å². The third kappa shape index (κ3) is 6.39. The average Bonchev–Trinajstić information content (AvgIpc) is 3.32. The molecule has 5 nitrogen and oxygen atoms in total. The molecule has 0 atom stereocenters. The van der Waals surface area contributed by atoms with E-state index in [0.717, 1.165) is 34.9 Å². The molecule has 1 N–H and O–H groups in total. The van der Waals surface area contributed by atoms with Gasteiger partial charge >= 0.3 is 0 Å². The summed E-state index contributed by atoms with van der Waals surface area (Å²) in [5, 5.41) is 1.15. The summed E-state index contributed by atoms with van der Waals surface area (Å²) < 4.78 is 13.8. The van der Waals surface area contributed by atoms with Crippen molar-refractivity contribution in [2.75, 3.05) is 19.6 Å². The van der Waals surface area contributed by atoms with Crippen molar-refractivity contribution < 1.29 is 14.0 Å². The first-order valence-electron chi connectivity index (χ1n) is 12.5. The van der Waals surface area contributed by atoms with Crippen molar-refractivity contribution in [3.63, 3.8) is 0 Å². The second kappa shape index (κ2) is 12.2. The van der Waals surface area contributed by atoms with E-state index in [9.17, 15) is 14.0 Å². The number of unbranched alkanes of at least 4 members (excludes halogenated alkanes) is 1. The number of hydrogen-bond acceptors (Lipinski definition) is 2. The Labute approximate surface area is 211 Å². The molecule has 186 valence electrons. The Morgan fingerprint density at radius 2 is 1.67 bits per heavy atom. The number of nitrogens with one attached hydrogen (secondary N) is 1. The number of hydrogen-bond donors (Lipinski definition) is 1. The summed E-state index contributed by atoms with van der Waals surface area (Å²) in [7, 11) is 0. The molecule has 0 saturated heterocycles. The summed E-state index contributed by atoms with van der Waals surface area (Å²) in [6.07, 6.45) is 4.34. The van der Waals surface area contributed by atoms with Gasteiger partial charge in [-0.15, -0.1) is 0 Å². The molecule has 0 unspecified atom stereocenters. The molecule has 0 bridgehead atoms. The van der Waals surface area contributed by atoms with Gasteiger partial charge in [-0.2, -0.15) is 0 Å². The van der Waals surface area contributed by atoms with Crippen molar-refractivity contribution in [1.82, 2.24) is 14.8 Å². The van der Waals surface area contributed by atoms with Gasteiger partial charge in [0.2, 0.25) is 5.91 Å². The number of amides is 2. The minimum atomic E-state index is -0.466. The third-order valence-electron chi connectivity index (χ3n) is 6.36. The van der Waals surface area contributed by atoms with E-state index in [0.29, 0.717) is 26.1 Å². The first kappa shape index (κ1) is 25.2. The number of carbonyl (C=O) groups is 2. The van der Waals surface area contributed by atoms with E-state index in [1.54, 1.807) is 11.0 Å². The highest BCUT2D eigenvalue weighted by Gasteiger charge is 2.23. The normalized spacial score (nSPS) is 10.9. The zero-order valence-corrected chi connectivity index (χ0v) is 20.6. The van der Waals surface area contributed by atoms with Crippen LogP contribution in [-0.4, -0.2) is 46.2 Å². The van der Waals surface area contributed by atoms with E-state index in [4.69, 9.17) is 0 Å². The van der Waals surface area contributed by atoms with Crippen LogP contribution in [0, 0.1) is 5.82 Å². The summed E-state index contributed by atoms with van der Waals surface area (Å²) in [5.41, 5.74) is 3.50. The van der Waals surface area contributed by atoms with Crippen molar-refractivity contribution in [2.45, 2.75) is 32.7 Å². The lowest BCUT2D eigenvalue weighted by Crippen LogP contribution is -2.43. The topological polar surface area (TPSA) is 56.4 Å². The molecular formula is C30H32FN3O2. The molecule has 0 aliphatic heterocycles. The standard InChI is InChI=1S/C30H32FN3O2/c1-2-3-17-34(30(36)24-12-9-13-26(31)19-24)22-29(35)33(21-23-10-5-4-6-11-23)18-16-25-20-32-28-15-8-7-14-27(25)28/h4-15,19-20,32H,2-3,16-18,21-22H2,1H3. The lowest BCUT2D eigenvalue weighted by Gasteiger charge is -2.28. The fraction of sp³-hybridized carbons (Fsp3) is 0.267. The van der Waals surface area contributed by atoms with Gasteiger partial charge in [0.1, 0.15) is 12.4 Å². The molecule has 0 saturated carbocycles. The molecule has 0 aliphatic carbocycles. The predicted molar refractivity (Wildman–Crippen MR) is 141 cm³/mol. The smallest absolute Gasteiger partial charge is 0.254 e. The Bertz CT molecular complexity index is 1300. The largest absolute Gasteiger partial charge is 0.361 e. The van der Waals surface area contributed by atoms with Gasteiger partial charge in [0.05, 0.1) is 0 Å². The Morgan fingerprint density at radius 1 is 0.889 bits per heavy atom. The van der Waals surface area contributed by atoms with Gasteiger partial charge < -0.3 is 14.8 Å². The SMILES string of the molecule is CCCCN(CC(=O)N(CCc1c[nH]c2ccccc12)Cc1ccccc1)C(=O)c1cccc(F)c1. The van der Waals surface area contributed by atoms with E-state index in [1.807, 2.05) is 66.6 Å². The zero-order chi connectivity index (χ0) is 25.3. The molecule has 4 rings (SSSR count). The van der Waals surface area contributed by atoms with Crippen LogP contribution < -0.4 is 0 Å².